The van der Waals surface area contributed by atoms with Crippen LogP contribution in [0.2, 0.25) is 0 Å². The molecule has 2 heterocycles. The molecule has 140 valence electrons. The van der Waals surface area contributed by atoms with E-state index in [1.54, 1.807) is 12.1 Å². The lowest BCUT2D eigenvalue weighted by Crippen LogP contribution is -2.34. The van der Waals surface area contributed by atoms with Crippen molar-refractivity contribution in [2.75, 3.05) is 12.3 Å². The molecule has 2 aromatic carbocycles. The third-order valence-electron chi connectivity index (χ3n) is 5.13. The molecule has 0 saturated carbocycles. The smallest absolute Gasteiger partial charge is 0.116 e. The fourth-order valence-electron chi connectivity index (χ4n) is 3.67. The SMILES string of the molecule is O=S(CCC1CC(c2ccccc2)=CCN1)Cc1c[nH]c2ccc(O)cc12. The van der Waals surface area contributed by atoms with Crippen molar-refractivity contribution in [1.82, 2.24) is 10.3 Å². The normalized spacial score (nSPS) is 18.4. The second kappa shape index (κ2) is 8.11. The van der Waals surface area contributed by atoms with Gasteiger partial charge in [-0.15, -0.1) is 0 Å². The topological polar surface area (TPSA) is 65.1 Å². The standard InChI is InChI=1S/C22H24N2O2S/c25-20-6-7-22-21(13-20)18(14-24-22)15-27(26)11-9-19-12-17(8-10-23-19)16-4-2-1-3-5-16/h1-8,13-14,19,23-25H,9-12,15H2. The number of benzene rings is 2. The van der Waals surface area contributed by atoms with E-state index in [1.165, 1.54) is 11.1 Å². The van der Waals surface area contributed by atoms with Crippen LogP contribution in [0.15, 0.2) is 60.8 Å². The van der Waals surface area contributed by atoms with Crippen LogP contribution in [0.25, 0.3) is 16.5 Å². The molecule has 2 atom stereocenters. The maximum atomic E-state index is 12.6. The summed E-state index contributed by atoms with van der Waals surface area (Å²) in [5.41, 5.74) is 4.62. The lowest BCUT2D eigenvalue weighted by atomic mass is 9.94. The van der Waals surface area contributed by atoms with E-state index in [0.29, 0.717) is 17.5 Å². The van der Waals surface area contributed by atoms with Gasteiger partial charge in [0.2, 0.25) is 0 Å². The van der Waals surface area contributed by atoms with Gasteiger partial charge < -0.3 is 15.4 Å². The van der Waals surface area contributed by atoms with Gasteiger partial charge in [0.15, 0.2) is 0 Å². The first-order valence-corrected chi connectivity index (χ1v) is 10.8. The maximum Gasteiger partial charge on any atom is 0.116 e. The van der Waals surface area contributed by atoms with Gasteiger partial charge in [-0.25, -0.2) is 0 Å². The van der Waals surface area contributed by atoms with Crippen molar-refractivity contribution >= 4 is 27.3 Å². The number of fused-ring (bicyclic) bond motifs is 1. The van der Waals surface area contributed by atoms with Crippen LogP contribution >= 0.6 is 0 Å². The fourth-order valence-corrected chi connectivity index (χ4v) is 4.94. The Labute approximate surface area is 161 Å². The fraction of sp³-hybridized carbons (Fsp3) is 0.273. The summed E-state index contributed by atoms with van der Waals surface area (Å²) in [5.74, 6) is 1.42. The van der Waals surface area contributed by atoms with E-state index >= 15 is 0 Å². The summed E-state index contributed by atoms with van der Waals surface area (Å²) in [6, 6.07) is 16.1. The molecular weight excluding hydrogens is 356 g/mol. The third-order valence-corrected chi connectivity index (χ3v) is 6.45. The largest absolute Gasteiger partial charge is 0.508 e. The third kappa shape index (κ3) is 4.31. The number of rotatable bonds is 6. The Kier molecular flexibility index (Phi) is 5.41. The van der Waals surface area contributed by atoms with Crippen molar-refractivity contribution in [2.45, 2.75) is 24.6 Å². The van der Waals surface area contributed by atoms with Crippen molar-refractivity contribution in [1.29, 1.82) is 0 Å². The minimum absolute atomic E-state index is 0.237. The maximum absolute atomic E-state index is 12.6. The van der Waals surface area contributed by atoms with E-state index < -0.39 is 10.8 Å². The minimum atomic E-state index is -0.931. The predicted molar refractivity (Wildman–Crippen MR) is 112 cm³/mol. The van der Waals surface area contributed by atoms with Crippen LogP contribution in [0, 0.1) is 0 Å². The van der Waals surface area contributed by atoms with Crippen molar-refractivity contribution < 1.29 is 9.32 Å². The van der Waals surface area contributed by atoms with Crippen molar-refractivity contribution in [3.05, 3.63) is 71.9 Å². The van der Waals surface area contributed by atoms with Crippen LogP contribution in [0.4, 0.5) is 0 Å². The van der Waals surface area contributed by atoms with Gasteiger partial charge in [-0.05, 0) is 47.7 Å². The molecular formula is C22H24N2O2S. The molecule has 1 aliphatic heterocycles. The van der Waals surface area contributed by atoms with Crippen molar-refractivity contribution in [3.63, 3.8) is 0 Å². The molecule has 27 heavy (non-hydrogen) atoms. The monoisotopic (exact) mass is 380 g/mol. The van der Waals surface area contributed by atoms with Gasteiger partial charge >= 0.3 is 0 Å². The van der Waals surface area contributed by atoms with E-state index in [0.717, 1.165) is 35.9 Å². The molecule has 0 saturated heterocycles. The van der Waals surface area contributed by atoms with Gasteiger partial charge in [-0.2, -0.15) is 0 Å². The lowest BCUT2D eigenvalue weighted by molar-refractivity contribution is 0.476. The molecule has 0 spiro atoms. The quantitative estimate of drug-likeness (QED) is 0.606. The summed E-state index contributed by atoms with van der Waals surface area (Å²) in [6.45, 7) is 0.864. The van der Waals surface area contributed by atoms with Crippen LogP contribution in [-0.4, -0.2) is 32.6 Å². The predicted octanol–water partition coefficient (Wildman–Crippen LogP) is 3.96. The molecule has 3 N–H and O–H groups in total. The first-order valence-electron chi connectivity index (χ1n) is 9.31. The first-order chi connectivity index (χ1) is 13.2. The van der Waals surface area contributed by atoms with Crippen LogP contribution in [0.5, 0.6) is 5.75 Å². The highest BCUT2D eigenvalue weighted by molar-refractivity contribution is 7.84. The van der Waals surface area contributed by atoms with E-state index in [2.05, 4.69) is 40.6 Å². The highest BCUT2D eigenvalue weighted by atomic mass is 32.2. The minimum Gasteiger partial charge on any atom is -0.508 e. The average Bonchev–Trinajstić information content (AvgIpc) is 3.09. The van der Waals surface area contributed by atoms with Gasteiger partial charge in [0.05, 0.1) is 5.75 Å². The molecule has 1 aliphatic rings. The molecule has 2 unspecified atom stereocenters. The zero-order valence-corrected chi connectivity index (χ0v) is 16.0. The van der Waals surface area contributed by atoms with Crippen molar-refractivity contribution in [2.24, 2.45) is 0 Å². The van der Waals surface area contributed by atoms with Crippen LogP contribution in [0.3, 0.4) is 0 Å². The number of aromatic hydroxyl groups is 1. The Morgan fingerprint density at radius 3 is 2.85 bits per heavy atom. The highest BCUT2D eigenvalue weighted by Crippen LogP contribution is 2.25. The zero-order chi connectivity index (χ0) is 18.6. The number of hydrogen-bond acceptors (Lipinski definition) is 3. The van der Waals surface area contributed by atoms with E-state index in [4.69, 9.17) is 0 Å². The number of phenols is 1. The Bertz CT molecular complexity index is 978. The first kappa shape index (κ1) is 18.0. The molecule has 0 amide bonds. The van der Waals surface area contributed by atoms with Gasteiger partial charge in [0, 0.05) is 46.2 Å². The molecule has 5 heteroatoms. The second-order valence-electron chi connectivity index (χ2n) is 7.03. The molecule has 0 aliphatic carbocycles. The summed E-state index contributed by atoms with van der Waals surface area (Å²) in [4.78, 5) is 3.18. The molecule has 4 nitrogen and oxygen atoms in total. The van der Waals surface area contributed by atoms with Crippen LogP contribution in [-0.2, 0) is 16.6 Å². The highest BCUT2D eigenvalue weighted by Gasteiger charge is 2.17. The van der Waals surface area contributed by atoms with E-state index in [9.17, 15) is 9.32 Å². The zero-order valence-electron chi connectivity index (χ0n) is 15.2. The Hall–Kier alpha value is -2.37. The molecule has 0 radical (unpaired) electrons. The number of aromatic amines is 1. The number of phenolic OH excluding ortho intramolecular Hbond substituents is 1. The molecule has 1 aromatic heterocycles. The van der Waals surface area contributed by atoms with Gasteiger partial charge in [0.25, 0.3) is 0 Å². The summed E-state index contributed by atoms with van der Waals surface area (Å²) < 4.78 is 12.6. The van der Waals surface area contributed by atoms with Gasteiger partial charge in [-0.1, -0.05) is 36.4 Å². The number of aromatic nitrogens is 1. The molecule has 4 rings (SSSR count). The van der Waals surface area contributed by atoms with E-state index in [1.807, 2.05) is 18.3 Å². The summed E-state index contributed by atoms with van der Waals surface area (Å²) in [7, 11) is -0.931. The summed E-state index contributed by atoms with van der Waals surface area (Å²) >= 11 is 0. The molecule has 0 fully saturated rings. The van der Waals surface area contributed by atoms with Crippen molar-refractivity contribution in [3.8, 4) is 5.75 Å². The summed E-state index contributed by atoms with van der Waals surface area (Å²) in [6.07, 6.45) is 6.02. The lowest BCUT2D eigenvalue weighted by Gasteiger charge is -2.24. The molecule has 0 bridgehead atoms. The average molecular weight is 381 g/mol. The van der Waals surface area contributed by atoms with Gasteiger partial charge in [-0.3, -0.25) is 4.21 Å². The Balaban J connectivity index is 1.34. The number of H-pyrrole nitrogens is 1. The Morgan fingerprint density at radius 2 is 2.00 bits per heavy atom. The van der Waals surface area contributed by atoms with Crippen LogP contribution < -0.4 is 5.32 Å². The van der Waals surface area contributed by atoms with E-state index in [-0.39, 0.29) is 5.75 Å². The molecule has 3 aromatic rings. The summed E-state index contributed by atoms with van der Waals surface area (Å²) in [5, 5.41) is 14.2. The number of nitrogens with one attached hydrogen (secondary N) is 2. The van der Waals surface area contributed by atoms with Crippen LogP contribution in [0.1, 0.15) is 24.0 Å². The number of hydrogen-bond donors (Lipinski definition) is 3. The van der Waals surface area contributed by atoms with Gasteiger partial charge in [0.1, 0.15) is 5.75 Å². The second-order valence-corrected chi connectivity index (χ2v) is 8.60. The Morgan fingerprint density at radius 1 is 1.15 bits per heavy atom.